The Kier molecular flexibility index (Phi) is 4.60. The van der Waals surface area contributed by atoms with Gasteiger partial charge in [0.15, 0.2) is 0 Å². The van der Waals surface area contributed by atoms with Crippen LogP contribution in [0, 0.1) is 5.82 Å². The second-order valence-electron chi connectivity index (χ2n) is 4.02. The Hall–Kier alpha value is -1.51. The molecule has 112 valence electrons. The van der Waals surface area contributed by atoms with Gasteiger partial charge in [0, 0.05) is 12.5 Å². The first-order valence-electron chi connectivity index (χ1n) is 5.57. The summed E-state index contributed by atoms with van der Waals surface area (Å²) in [6.45, 7) is 0. The fourth-order valence-electron chi connectivity index (χ4n) is 1.53. The van der Waals surface area contributed by atoms with Crippen LogP contribution in [0.3, 0.4) is 0 Å². The summed E-state index contributed by atoms with van der Waals surface area (Å²) in [6.07, 6.45) is 2.43. The first-order valence-corrected chi connectivity index (χ1v) is 8.99. The van der Waals surface area contributed by atoms with Crippen LogP contribution in [0.25, 0.3) is 0 Å². The topological polar surface area (TPSA) is 76.1 Å². The number of hydrogen-bond acceptors (Lipinski definition) is 4. The lowest BCUT2D eigenvalue weighted by atomic mass is 10.3. The van der Waals surface area contributed by atoms with Gasteiger partial charge in [-0.05, 0) is 30.3 Å². The van der Waals surface area contributed by atoms with Crippen molar-refractivity contribution in [2.45, 2.75) is 9.79 Å². The van der Waals surface area contributed by atoms with Crippen molar-refractivity contribution in [2.24, 2.45) is 0 Å². The lowest BCUT2D eigenvalue weighted by molar-refractivity contribution is 0.596. The van der Waals surface area contributed by atoms with Gasteiger partial charge >= 0.3 is 0 Å². The average Bonchev–Trinajstić information content (AvgIpc) is 2.38. The van der Waals surface area contributed by atoms with E-state index >= 15 is 0 Å². The van der Waals surface area contributed by atoms with Crippen molar-refractivity contribution in [2.75, 3.05) is 11.0 Å². The van der Waals surface area contributed by atoms with E-state index in [-0.39, 0.29) is 20.6 Å². The highest BCUT2D eigenvalue weighted by molar-refractivity contribution is 7.92. The lowest BCUT2D eigenvalue weighted by Crippen LogP contribution is -2.13. The molecule has 0 amide bonds. The quantitative estimate of drug-likeness (QED) is 0.861. The van der Waals surface area contributed by atoms with Crippen molar-refractivity contribution in [1.82, 2.24) is 4.98 Å². The number of sulfonamides is 1. The molecule has 0 saturated carbocycles. The Balaban J connectivity index is 2.31. The van der Waals surface area contributed by atoms with Gasteiger partial charge in [0.1, 0.15) is 15.9 Å². The number of anilines is 1. The zero-order valence-electron chi connectivity index (χ0n) is 10.7. The molecule has 0 spiro atoms. The summed E-state index contributed by atoms with van der Waals surface area (Å²) in [4.78, 5) is 3.58. The Morgan fingerprint density at radius 3 is 2.52 bits per heavy atom. The zero-order valence-corrected chi connectivity index (χ0v) is 13.1. The van der Waals surface area contributed by atoms with E-state index in [4.69, 9.17) is 11.6 Å². The molecular weight excluding hydrogens is 339 g/mol. The van der Waals surface area contributed by atoms with Gasteiger partial charge in [-0.15, -0.1) is 0 Å². The van der Waals surface area contributed by atoms with Crippen molar-refractivity contribution in [3.05, 3.63) is 47.5 Å². The Morgan fingerprint density at radius 1 is 1.29 bits per heavy atom. The van der Waals surface area contributed by atoms with Gasteiger partial charge in [0.2, 0.25) is 0 Å². The van der Waals surface area contributed by atoms with Crippen LogP contribution in [-0.4, -0.2) is 23.9 Å². The summed E-state index contributed by atoms with van der Waals surface area (Å²) < 4.78 is 51.2. The van der Waals surface area contributed by atoms with E-state index in [0.717, 1.165) is 12.3 Å². The first-order chi connectivity index (χ1) is 9.79. The van der Waals surface area contributed by atoms with E-state index in [9.17, 15) is 17.0 Å². The Bertz CT molecular complexity index is 795. The van der Waals surface area contributed by atoms with Crippen LogP contribution in [0.15, 0.2) is 46.3 Å². The van der Waals surface area contributed by atoms with E-state index in [1.165, 1.54) is 30.5 Å². The van der Waals surface area contributed by atoms with E-state index in [0.29, 0.717) is 0 Å². The molecule has 1 aromatic carbocycles. The molecular formula is C12H10ClFN2O3S2. The fraction of sp³-hybridized carbons (Fsp3) is 0.0833. The third-order valence-electron chi connectivity index (χ3n) is 2.50. The van der Waals surface area contributed by atoms with Gasteiger partial charge < -0.3 is 0 Å². The van der Waals surface area contributed by atoms with Crippen LogP contribution >= 0.6 is 11.6 Å². The molecule has 0 aliphatic rings. The average molecular weight is 349 g/mol. The normalized spacial score (nSPS) is 12.9. The summed E-state index contributed by atoms with van der Waals surface area (Å²) in [5.74, 6) is -0.745. The number of aromatic nitrogens is 1. The van der Waals surface area contributed by atoms with Gasteiger partial charge in [0.05, 0.1) is 21.4 Å². The summed E-state index contributed by atoms with van der Waals surface area (Å²) in [7, 11) is -5.38. The van der Waals surface area contributed by atoms with Crippen LogP contribution < -0.4 is 4.72 Å². The lowest BCUT2D eigenvalue weighted by Gasteiger charge is -2.09. The fourth-order valence-corrected chi connectivity index (χ4v) is 3.23. The predicted molar refractivity (Wildman–Crippen MR) is 78.8 cm³/mol. The van der Waals surface area contributed by atoms with Crippen LogP contribution in [0.2, 0.25) is 5.15 Å². The largest absolute Gasteiger partial charge is 0.279 e. The monoisotopic (exact) mass is 348 g/mol. The summed E-state index contributed by atoms with van der Waals surface area (Å²) in [5, 5.41) is 0.162. The maximum atomic E-state index is 13.7. The SMILES string of the molecule is C[S@](=O)c1ccc(NS(=O)(=O)c2ccc(Cl)nc2)cc1F. The van der Waals surface area contributed by atoms with Crippen LogP contribution in [0.1, 0.15) is 0 Å². The molecule has 0 saturated heterocycles. The van der Waals surface area contributed by atoms with Gasteiger partial charge in [-0.25, -0.2) is 17.8 Å². The van der Waals surface area contributed by atoms with Crippen molar-refractivity contribution in [3.8, 4) is 0 Å². The molecule has 0 radical (unpaired) electrons. The smallest absolute Gasteiger partial charge is 0.263 e. The van der Waals surface area contributed by atoms with Gasteiger partial charge in [-0.2, -0.15) is 0 Å². The highest BCUT2D eigenvalue weighted by Gasteiger charge is 2.16. The van der Waals surface area contributed by atoms with Crippen LogP contribution in [0.4, 0.5) is 10.1 Å². The van der Waals surface area contributed by atoms with Crippen LogP contribution in [0.5, 0.6) is 0 Å². The standard InChI is InChI=1S/C12H10ClFN2O3S2/c1-20(17)11-4-2-8(6-10(11)14)16-21(18,19)9-3-5-12(13)15-7-9/h2-7,16H,1H3/t20-/m0/s1. The summed E-state index contributed by atoms with van der Waals surface area (Å²) >= 11 is 5.59. The van der Waals surface area contributed by atoms with E-state index in [2.05, 4.69) is 9.71 Å². The van der Waals surface area contributed by atoms with Crippen molar-refractivity contribution in [1.29, 1.82) is 0 Å². The van der Waals surface area contributed by atoms with Gasteiger partial charge in [-0.3, -0.25) is 8.93 Å². The molecule has 1 atom stereocenters. The molecule has 0 aliphatic heterocycles. The third-order valence-corrected chi connectivity index (χ3v) is 5.04. The van der Waals surface area contributed by atoms with Crippen LogP contribution in [-0.2, 0) is 20.8 Å². The number of nitrogens with zero attached hydrogens (tertiary/aromatic N) is 1. The molecule has 0 unspecified atom stereocenters. The van der Waals surface area contributed by atoms with Crippen molar-refractivity contribution in [3.63, 3.8) is 0 Å². The van der Waals surface area contributed by atoms with Gasteiger partial charge in [-0.1, -0.05) is 11.6 Å². The first kappa shape index (κ1) is 15.9. The molecule has 5 nitrogen and oxygen atoms in total. The van der Waals surface area contributed by atoms with Crippen molar-refractivity contribution >= 4 is 38.1 Å². The zero-order chi connectivity index (χ0) is 15.6. The Labute approximate surface area is 128 Å². The second-order valence-corrected chi connectivity index (χ2v) is 7.44. The molecule has 21 heavy (non-hydrogen) atoms. The highest BCUT2D eigenvalue weighted by Crippen LogP contribution is 2.20. The molecule has 1 aromatic heterocycles. The second kappa shape index (κ2) is 6.08. The Morgan fingerprint density at radius 2 is 2.00 bits per heavy atom. The minimum absolute atomic E-state index is 0.00566. The highest BCUT2D eigenvalue weighted by atomic mass is 35.5. The summed E-state index contributed by atoms with van der Waals surface area (Å²) in [6, 6.07) is 6.19. The molecule has 1 heterocycles. The number of rotatable bonds is 4. The molecule has 1 N–H and O–H groups in total. The molecule has 0 fully saturated rings. The maximum Gasteiger partial charge on any atom is 0.263 e. The van der Waals surface area contributed by atoms with E-state index < -0.39 is 26.6 Å². The molecule has 2 rings (SSSR count). The number of hydrogen-bond donors (Lipinski definition) is 1. The van der Waals surface area contributed by atoms with E-state index in [1.807, 2.05) is 0 Å². The number of nitrogens with one attached hydrogen (secondary N) is 1. The molecule has 9 heteroatoms. The van der Waals surface area contributed by atoms with Crippen molar-refractivity contribution < 1.29 is 17.0 Å². The molecule has 0 bridgehead atoms. The van der Waals surface area contributed by atoms with Gasteiger partial charge in [0.25, 0.3) is 10.0 Å². The third kappa shape index (κ3) is 3.78. The number of pyridine rings is 1. The molecule has 0 aliphatic carbocycles. The minimum Gasteiger partial charge on any atom is -0.279 e. The predicted octanol–water partition coefficient (Wildman–Crippen LogP) is 2.41. The maximum absolute atomic E-state index is 13.7. The number of benzene rings is 1. The summed E-state index contributed by atoms with van der Waals surface area (Å²) in [5.41, 5.74) is 0.0247. The molecule has 2 aromatic rings. The van der Waals surface area contributed by atoms with E-state index in [1.54, 1.807) is 0 Å². The minimum atomic E-state index is -3.89. The number of halogens is 2.